The summed E-state index contributed by atoms with van der Waals surface area (Å²) < 4.78 is 0. The van der Waals surface area contributed by atoms with Gasteiger partial charge >= 0.3 is 0 Å². The normalized spacial score (nSPS) is 17.2. The number of nitrogens with two attached hydrogens (primary N) is 1. The van der Waals surface area contributed by atoms with Gasteiger partial charge in [-0.3, -0.25) is 9.78 Å². The molecule has 0 bridgehead atoms. The number of fused-ring (bicyclic) bond motifs is 1. The topological polar surface area (TPSA) is 80.9 Å². The third-order valence-electron chi connectivity index (χ3n) is 2.73. The van der Waals surface area contributed by atoms with Crippen LogP contribution in [0.15, 0.2) is 40.6 Å². The molecular weight excluding hydrogens is 284 g/mol. The molecular formula is C12H9ClN4OS. The van der Waals surface area contributed by atoms with Crippen LogP contribution in [-0.4, -0.2) is 15.9 Å². The number of carbonyl (C=O) groups excluding carboxylic acids is 1. The quantitative estimate of drug-likeness (QED) is 0.887. The lowest BCUT2D eigenvalue weighted by Crippen LogP contribution is -2.19. The number of carbonyl (C=O) groups is 1. The lowest BCUT2D eigenvalue weighted by atomic mass is 10.1. The molecule has 3 rings (SSSR count). The minimum absolute atomic E-state index is 0.215. The van der Waals surface area contributed by atoms with E-state index in [0.29, 0.717) is 10.7 Å². The number of nitrogens with one attached hydrogen (secondary N) is 1. The average molecular weight is 293 g/mol. The summed E-state index contributed by atoms with van der Waals surface area (Å²) in [5.74, 6) is -0.215. The van der Waals surface area contributed by atoms with Crippen LogP contribution >= 0.6 is 23.4 Å². The van der Waals surface area contributed by atoms with Gasteiger partial charge in [0.1, 0.15) is 11.1 Å². The van der Waals surface area contributed by atoms with Gasteiger partial charge in [0.2, 0.25) is 5.91 Å². The zero-order valence-electron chi connectivity index (χ0n) is 9.63. The molecule has 0 fully saturated rings. The molecule has 0 saturated carbocycles. The van der Waals surface area contributed by atoms with Crippen LogP contribution in [0.1, 0.15) is 11.6 Å². The number of anilines is 1. The predicted molar refractivity (Wildman–Crippen MR) is 73.2 cm³/mol. The van der Waals surface area contributed by atoms with Crippen LogP contribution in [0.4, 0.5) is 5.69 Å². The highest BCUT2D eigenvalue weighted by Crippen LogP contribution is 2.39. The third kappa shape index (κ3) is 2.30. The van der Waals surface area contributed by atoms with Gasteiger partial charge in [0.15, 0.2) is 0 Å². The van der Waals surface area contributed by atoms with Gasteiger partial charge in [-0.25, -0.2) is 4.98 Å². The van der Waals surface area contributed by atoms with Crippen molar-refractivity contribution < 1.29 is 4.79 Å². The van der Waals surface area contributed by atoms with Gasteiger partial charge < -0.3 is 11.1 Å². The SMILES string of the molecule is NC1C(=O)Nc2cc(Sc3cnccn3)c(Cl)cc21. The Bertz CT molecular complexity index is 650. The second-order valence-electron chi connectivity index (χ2n) is 3.98. The summed E-state index contributed by atoms with van der Waals surface area (Å²) in [4.78, 5) is 20.5. The van der Waals surface area contributed by atoms with Gasteiger partial charge in [-0.2, -0.15) is 0 Å². The monoisotopic (exact) mass is 292 g/mol. The van der Waals surface area contributed by atoms with Crippen LogP contribution in [-0.2, 0) is 4.79 Å². The maximum Gasteiger partial charge on any atom is 0.245 e. The Morgan fingerprint density at radius 1 is 1.37 bits per heavy atom. The van der Waals surface area contributed by atoms with Crippen molar-refractivity contribution in [2.24, 2.45) is 5.73 Å². The van der Waals surface area contributed by atoms with E-state index in [1.165, 1.54) is 11.8 Å². The zero-order chi connectivity index (χ0) is 13.4. The van der Waals surface area contributed by atoms with E-state index in [4.69, 9.17) is 17.3 Å². The van der Waals surface area contributed by atoms with Crippen LogP contribution in [0.25, 0.3) is 0 Å². The molecule has 3 N–H and O–H groups in total. The number of nitrogens with zero attached hydrogens (tertiary/aromatic N) is 2. The molecule has 96 valence electrons. The fourth-order valence-electron chi connectivity index (χ4n) is 1.82. The molecule has 7 heteroatoms. The van der Waals surface area contributed by atoms with E-state index in [1.807, 2.05) is 6.07 Å². The second-order valence-corrected chi connectivity index (χ2v) is 5.45. The first-order chi connectivity index (χ1) is 9.15. The number of aromatic nitrogens is 2. The summed E-state index contributed by atoms with van der Waals surface area (Å²) in [6, 6.07) is 2.88. The molecule has 1 unspecified atom stereocenters. The maximum absolute atomic E-state index is 11.5. The average Bonchev–Trinajstić information content (AvgIpc) is 2.67. The van der Waals surface area contributed by atoms with Crippen molar-refractivity contribution in [3.05, 3.63) is 41.3 Å². The van der Waals surface area contributed by atoms with Crippen molar-refractivity contribution in [1.29, 1.82) is 0 Å². The summed E-state index contributed by atoms with van der Waals surface area (Å²) >= 11 is 7.59. The summed E-state index contributed by atoms with van der Waals surface area (Å²) in [5.41, 5.74) is 7.18. The Hall–Kier alpha value is -1.63. The number of halogens is 1. The van der Waals surface area contributed by atoms with Crippen molar-refractivity contribution in [1.82, 2.24) is 9.97 Å². The van der Waals surface area contributed by atoms with Crippen LogP contribution in [0.2, 0.25) is 5.02 Å². The van der Waals surface area contributed by atoms with E-state index in [2.05, 4.69) is 15.3 Å². The molecule has 0 radical (unpaired) electrons. The standard InChI is InChI=1S/C12H9ClN4OS/c13-7-3-6-8(17-12(18)11(6)14)4-9(7)19-10-5-15-1-2-16-10/h1-5,11H,14H2,(H,17,18). The van der Waals surface area contributed by atoms with Gasteiger partial charge in [0.05, 0.1) is 11.2 Å². The lowest BCUT2D eigenvalue weighted by molar-refractivity contribution is -0.116. The van der Waals surface area contributed by atoms with E-state index in [-0.39, 0.29) is 5.91 Å². The molecule has 19 heavy (non-hydrogen) atoms. The first-order valence-corrected chi connectivity index (χ1v) is 6.68. The van der Waals surface area contributed by atoms with Gasteiger partial charge in [-0.1, -0.05) is 23.4 Å². The summed E-state index contributed by atoms with van der Waals surface area (Å²) in [5, 5.41) is 4.01. The molecule has 1 amide bonds. The van der Waals surface area contributed by atoms with Crippen LogP contribution in [0.5, 0.6) is 0 Å². The molecule has 0 aliphatic carbocycles. The van der Waals surface area contributed by atoms with Crippen molar-refractivity contribution >= 4 is 35.0 Å². The minimum Gasteiger partial charge on any atom is -0.324 e. The molecule has 1 atom stereocenters. The lowest BCUT2D eigenvalue weighted by Gasteiger charge is -2.07. The van der Waals surface area contributed by atoms with Gasteiger partial charge in [0.25, 0.3) is 0 Å². The van der Waals surface area contributed by atoms with Crippen molar-refractivity contribution in [3.8, 4) is 0 Å². The zero-order valence-corrected chi connectivity index (χ0v) is 11.2. The molecule has 5 nitrogen and oxygen atoms in total. The summed E-state index contributed by atoms with van der Waals surface area (Å²) in [7, 11) is 0. The molecule has 2 aromatic rings. The number of hydrogen-bond donors (Lipinski definition) is 2. The molecule has 2 heterocycles. The molecule has 1 aromatic carbocycles. The van der Waals surface area contributed by atoms with E-state index in [9.17, 15) is 4.79 Å². The molecule has 1 aromatic heterocycles. The number of benzene rings is 1. The smallest absolute Gasteiger partial charge is 0.245 e. The van der Waals surface area contributed by atoms with Crippen LogP contribution in [0.3, 0.4) is 0 Å². The predicted octanol–water partition coefficient (Wildman–Crippen LogP) is 2.23. The molecule has 0 saturated heterocycles. The molecule has 1 aliphatic rings. The van der Waals surface area contributed by atoms with E-state index >= 15 is 0 Å². The van der Waals surface area contributed by atoms with E-state index in [1.54, 1.807) is 24.7 Å². The largest absolute Gasteiger partial charge is 0.324 e. The Morgan fingerprint density at radius 3 is 2.95 bits per heavy atom. The van der Waals surface area contributed by atoms with Gasteiger partial charge in [-0.05, 0) is 12.1 Å². The fourth-order valence-corrected chi connectivity index (χ4v) is 2.89. The first kappa shape index (κ1) is 12.4. The third-order valence-corrected chi connectivity index (χ3v) is 4.14. The fraction of sp³-hybridized carbons (Fsp3) is 0.0833. The van der Waals surface area contributed by atoms with Gasteiger partial charge in [-0.15, -0.1) is 0 Å². The van der Waals surface area contributed by atoms with E-state index < -0.39 is 6.04 Å². The maximum atomic E-state index is 11.5. The van der Waals surface area contributed by atoms with Gasteiger partial charge in [0, 0.05) is 28.5 Å². The molecule has 0 spiro atoms. The van der Waals surface area contributed by atoms with Crippen molar-refractivity contribution in [3.63, 3.8) is 0 Å². The Balaban J connectivity index is 1.97. The number of amides is 1. The molecule has 1 aliphatic heterocycles. The highest BCUT2D eigenvalue weighted by Gasteiger charge is 2.28. The minimum atomic E-state index is -0.650. The van der Waals surface area contributed by atoms with Crippen LogP contribution in [0, 0.1) is 0 Å². The Morgan fingerprint density at radius 2 is 2.21 bits per heavy atom. The van der Waals surface area contributed by atoms with Crippen LogP contribution < -0.4 is 11.1 Å². The Kier molecular flexibility index (Phi) is 3.14. The Labute approximate surface area is 118 Å². The second kappa shape index (κ2) is 4.80. The summed E-state index contributed by atoms with van der Waals surface area (Å²) in [6.45, 7) is 0. The first-order valence-electron chi connectivity index (χ1n) is 5.49. The van der Waals surface area contributed by atoms with E-state index in [0.717, 1.165) is 15.5 Å². The highest BCUT2D eigenvalue weighted by atomic mass is 35.5. The van der Waals surface area contributed by atoms with Crippen molar-refractivity contribution in [2.45, 2.75) is 16.0 Å². The highest BCUT2D eigenvalue weighted by molar-refractivity contribution is 7.99. The van der Waals surface area contributed by atoms with Crippen molar-refractivity contribution in [2.75, 3.05) is 5.32 Å². The number of rotatable bonds is 2. The summed E-state index contributed by atoms with van der Waals surface area (Å²) in [6.07, 6.45) is 4.87. The number of hydrogen-bond acceptors (Lipinski definition) is 5.